The second kappa shape index (κ2) is 11.8. The van der Waals surface area contributed by atoms with Gasteiger partial charge in [0.1, 0.15) is 0 Å². The Bertz CT molecular complexity index is 339. The molecule has 0 saturated carbocycles. The average molecular weight is 454 g/mol. The molecule has 0 aromatic heterocycles. The molecule has 2 N–H and O–H groups in total. The molecule has 136 valence electrons. The fraction of sp³-hybridized carbons (Fsp3) is 0.941. The minimum atomic E-state index is 0. The number of nitrogens with zero attached hydrogens (tertiary/aromatic N) is 2. The molecule has 2 aliphatic rings. The maximum Gasteiger partial charge on any atom is 0.191 e. The first-order chi connectivity index (χ1) is 10.7. The van der Waals surface area contributed by atoms with E-state index in [4.69, 9.17) is 4.99 Å². The molecule has 0 spiro atoms. The number of hydrogen-bond donors (Lipinski definition) is 2. The Labute approximate surface area is 164 Å². The second-order valence-corrected chi connectivity index (χ2v) is 8.20. The average Bonchev–Trinajstić information content (AvgIpc) is 3.18. The number of halogens is 1. The van der Waals surface area contributed by atoms with E-state index < -0.39 is 0 Å². The van der Waals surface area contributed by atoms with Crippen molar-refractivity contribution in [2.24, 2.45) is 10.9 Å². The number of thioether (sulfide) groups is 1. The summed E-state index contributed by atoms with van der Waals surface area (Å²) in [5, 5.41) is 7.72. The summed E-state index contributed by atoms with van der Waals surface area (Å²) in [5.74, 6) is 2.99. The highest BCUT2D eigenvalue weighted by atomic mass is 127. The molecule has 0 aromatic rings. The zero-order valence-electron chi connectivity index (χ0n) is 15.0. The third-order valence-corrected chi connectivity index (χ3v) is 6.08. The topological polar surface area (TPSA) is 39.7 Å². The normalized spacial score (nSPS) is 23.8. The van der Waals surface area contributed by atoms with E-state index in [1.54, 1.807) is 0 Å². The van der Waals surface area contributed by atoms with Gasteiger partial charge < -0.3 is 10.6 Å². The van der Waals surface area contributed by atoms with Crippen molar-refractivity contribution in [3.8, 4) is 0 Å². The first-order valence-electron chi connectivity index (χ1n) is 9.08. The third-order valence-electron chi connectivity index (χ3n) is 4.68. The molecule has 2 atom stereocenters. The predicted molar refractivity (Wildman–Crippen MR) is 114 cm³/mol. The molecule has 0 bridgehead atoms. The van der Waals surface area contributed by atoms with Crippen molar-refractivity contribution in [1.82, 2.24) is 15.5 Å². The zero-order valence-corrected chi connectivity index (χ0v) is 18.2. The van der Waals surface area contributed by atoms with Crippen molar-refractivity contribution in [2.75, 3.05) is 38.5 Å². The van der Waals surface area contributed by atoms with E-state index in [2.05, 4.69) is 48.1 Å². The summed E-state index contributed by atoms with van der Waals surface area (Å²) in [6.07, 6.45) is 5.42. The molecule has 0 radical (unpaired) electrons. The van der Waals surface area contributed by atoms with E-state index in [0.29, 0.717) is 12.0 Å². The number of hydrogen-bond acceptors (Lipinski definition) is 3. The van der Waals surface area contributed by atoms with Gasteiger partial charge in [-0.1, -0.05) is 13.8 Å². The first-order valence-corrected chi connectivity index (χ1v) is 10.1. The number of rotatable bonds is 7. The molecule has 0 amide bonds. The molecule has 0 aliphatic carbocycles. The molecule has 6 heteroatoms. The molecule has 2 fully saturated rings. The molecule has 23 heavy (non-hydrogen) atoms. The molecule has 4 nitrogen and oxygen atoms in total. The van der Waals surface area contributed by atoms with Gasteiger partial charge in [-0.05, 0) is 57.4 Å². The van der Waals surface area contributed by atoms with Gasteiger partial charge in [0.05, 0.1) is 6.54 Å². The summed E-state index contributed by atoms with van der Waals surface area (Å²) in [6, 6.07) is 0.582. The van der Waals surface area contributed by atoms with E-state index in [9.17, 15) is 0 Å². The van der Waals surface area contributed by atoms with Crippen molar-refractivity contribution in [3.63, 3.8) is 0 Å². The van der Waals surface area contributed by atoms with E-state index in [1.165, 1.54) is 44.5 Å². The van der Waals surface area contributed by atoms with Crippen LogP contribution in [0, 0.1) is 5.92 Å². The molecule has 2 aliphatic heterocycles. The molecular weight excluding hydrogens is 419 g/mol. The van der Waals surface area contributed by atoms with E-state index >= 15 is 0 Å². The second-order valence-electron chi connectivity index (χ2n) is 6.79. The lowest BCUT2D eigenvalue weighted by Crippen LogP contribution is -2.43. The lowest BCUT2D eigenvalue weighted by Gasteiger charge is -2.29. The van der Waals surface area contributed by atoms with Gasteiger partial charge in [0, 0.05) is 24.4 Å². The van der Waals surface area contributed by atoms with Crippen LogP contribution in [0.5, 0.6) is 0 Å². The van der Waals surface area contributed by atoms with Crippen LogP contribution >= 0.6 is 35.7 Å². The van der Waals surface area contributed by atoms with Crippen LogP contribution in [0.2, 0.25) is 0 Å². The van der Waals surface area contributed by atoms with Crippen LogP contribution in [-0.2, 0) is 0 Å². The smallest absolute Gasteiger partial charge is 0.191 e. The lowest BCUT2D eigenvalue weighted by atomic mass is 10.0. The highest BCUT2D eigenvalue weighted by Gasteiger charge is 2.24. The van der Waals surface area contributed by atoms with Crippen LogP contribution in [0.3, 0.4) is 0 Å². The molecule has 2 saturated heterocycles. The number of aliphatic imine (C=N–C) groups is 1. The summed E-state index contributed by atoms with van der Waals surface area (Å²) in [7, 11) is 0. The fourth-order valence-corrected chi connectivity index (χ4v) is 4.56. The third kappa shape index (κ3) is 7.38. The van der Waals surface area contributed by atoms with Gasteiger partial charge in [0.2, 0.25) is 0 Å². The van der Waals surface area contributed by atoms with Crippen molar-refractivity contribution in [3.05, 3.63) is 0 Å². The first kappa shape index (κ1) is 21.4. The highest BCUT2D eigenvalue weighted by molar-refractivity contribution is 14.0. The minimum Gasteiger partial charge on any atom is -0.357 e. The number of likely N-dealkylation sites (tertiary alicyclic amines) is 1. The van der Waals surface area contributed by atoms with E-state index in [-0.39, 0.29) is 24.0 Å². The van der Waals surface area contributed by atoms with Crippen molar-refractivity contribution in [2.45, 2.75) is 57.7 Å². The highest BCUT2D eigenvalue weighted by Crippen LogP contribution is 2.25. The Kier molecular flexibility index (Phi) is 10.9. The molecular formula is C17H35IN4S. The Morgan fingerprint density at radius 2 is 1.96 bits per heavy atom. The molecule has 2 heterocycles. The van der Waals surface area contributed by atoms with Crippen LogP contribution in [-0.4, -0.2) is 60.6 Å². The van der Waals surface area contributed by atoms with Crippen molar-refractivity contribution < 1.29 is 0 Å². The summed E-state index contributed by atoms with van der Waals surface area (Å²) < 4.78 is 0. The van der Waals surface area contributed by atoms with Crippen molar-refractivity contribution >= 4 is 41.7 Å². The monoisotopic (exact) mass is 454 g/mol. The van der Waals surface area contributed by atoms with Gasteiger partial charge in [-0.2, -0.15) is 11.8 Å². The van der Waals surface area contributed by atoms with Gasteiger partial charge in [-0.3, -0.25) is 9.89 Å². The number of nitrogens with one attached hydrogen (secondary N) is 2. The molecule has 2 unspecified atom stereocenters. The van der Waals surface area contributed by atoms with Gasteiger partial charge in [0.25, 0.3) is 0 Å². The minimum absolute atomic E-state index is 0. The summed E-state index contributed by atoms with van der Waals surface area (Å²) >= 11 is 2.10. The van der Waals surface area contributed by atoms with E-state index in [0.717, 1.165) is 30.8 Å². The molecule has 0 aromatic carbocycles. The van der Waals surface area contributed by atoms with Gasteiger partial charge >= 0.3 is 0 Å². The summed E-state index contributed by atoms with van der Waals surface area (Å²) in [5.41, 5.74) is 0. The van der Waals surface area contributed by atoms with Gasteiger partial charge in [-0.15, -0.1) is 24.0 Å². The Balaban J connectivity index is 0.00000264. The fourth-order valence-electron chi connectivity index (χ4n) is 3.36. The quantitative estimate of drug-likeness (QED) is 0.352. The maximum atomic E-state index is 4.88. The van der Waals surface area contributed by atoms with E-state index in [1.807, 2.05) is 0 Å². The SMILES string of the molecule is CCNC(=NCC(C(C)C)N1CCCC1)NCC1CCCS1.I. The zero-order chi connectivity index (χ0) is 15.8. The van der Waals surface area contributed by atoms with Crippen LogP contribution in [0.15, 0.2) is 4.99 Å². The number of guanidine groups is 1. The van der Waals surface area contributed by atoms with Crippen LogP contribution in [0.4, 0.5) is 0 Å². The van der Waals surface area contributed by atoms with Crippen LogP contribution in [0.25, 0.3) is 0 Å². The van der Waals surface area contributed by atoms with Gasteiger partial charge in [0.15, 0.2) is 5.96 Å². The van der Waals surface area contributed by atoms with Crippen LogP contribution < -0.4 is 10.6 Å². The van der Waals surface area contributed by atoms with Gasteiger partial charge in [-0.25, -0.2) is 0 Å². The Hall–Kier alpha value is 0.310. The van der Waals surface area contributed by atoms with Crippen LogP contribution in [0.1, 0.15) is 46.5 Å². The summed E-state index contributed by atoms with van der Waals surface area (Å²) in [4.78, 5) is 7.51. The lowest BCUT2D eigenvalue weighted by molar-refractivity contribution is 0.197. The maximum absolute atomic E-state index is 4.88. The standard InChI is InChI=1S/C17H34N4S.HI/c1-4-18-17(19-12-15-8-7-11-22-15)20-13-16(14(2)3)21-9-5-6-10-21;/h14-16H,4-13H2,1-3H3,(H2,18,19,20);1H. The largest absolute Gasteiger partial charge is 0.357 e. The summed E-state index contributed by atoms with van der Waals surface area (Å²) in [6.45, 7) is 12.2. The Morgan fingerprint density at radius 3 is 2.52 bits per heavy atom. The predicted octanol–water partition coefficient (Wildman–Crippen LogP) is 3.18. The Morgan fingerprint density at radius 1 is 1.22 bits per heavy atom. The van der Waals surface area contributed by atoms with Crippen molar-refractivity contribution in [1.29, 1.82) is 0 Å². The molecule has 2 rings (SSSR count).